The Bertz CT molecular complexity index is 459. The molecule has 19 heavy (non-hydrogen) atoms. The Morgan fingerprint density at radius 3 is 2.74 bits per heavy atom. The van der Waals surface area contributed by atoms with Crippen molar-refractivity contribution >= 4 is 33.4 Å². The van der Waals surface area contributed by atoms with Crippen molar-refractivity contribution in [2.24, 2.45) is 0 Å². The summed E-state index contributed by atoms with van der Waals surface area (Å²) in [6.45, 7) is 2.78. The van der Waals surface area contributed by atoms with Crippen LogP contribution in [-0.2, 0) is 0 Å². The first-order chi connectivity index (χ1) is 9.13. The SMILES string of the molecule is Cc1ccc(C(=O)N(CCCCl)C2CCC2)c(Br)c1. The molecule has 0 heterocycles. The van der Waals surface area contributed by atoms with Gasteiger partial charge in [-0.25, -0.2) is 0 Å². The molecule has 1 fully saturated rings. The second-order valence-electron chi connectivity index (χ2n) is 5.11. The number of hydrogen-bond donors (Lipinski definition) is 0. The van der Waals surface area contributed by atoms with Crippen LogP contribution in [-0.4, -0.2) is 29.3 Å². The van der Waals surface area contributed by atoms with E-state index in [-0.39, 0.29) is 5.91 Å². The number of carbonyl (C=O) groups is 1. The lowest BCUT2D eigenvalue weighted by molar-refractivity contribution is 0.0580. The average molecular weight is 345 g/mol. The van der Waals surface area contributed by atoms with Crippen LogP contribution < -0.4 is 0 Å². The predicted molar refractivity (Wildman–Crippen MR) is 82.9 cm³/mol. The van der Waals surface area contributed by atoms with Crippen molar-refractivity contribution in [3.63, 3.8) is 0 Å². The van der Waals surface area contributed by atoms with Gasteiger partial charge < -0.3 is 4.90 Å². The molecule has 0 atom stereocenters. The smallest absolute Gasteiger partial charge is 0.255 e. The Hall–Kier alpha value is -0.540. The number of hydrogen-bond acceptors (Lipinski definition) is 1. The van der Waals surface area contributed by atoms with Crippen molar-refractivity contribution in [3.05, 3.63) is 33.8 Å². The molecule has 0 spiro atoms. The van der Waals surface area contributed by atoms with E-state index in [0.717, 1.165) is 41.4 Å². The molecule has 104 valence electrons. The van der Waals surface area contributed by atoms with Crippen LogP contribution in [0.3, 0.4) is 0 Å². The maximum absolute atomic E-state index is 12.7. The van der Waals surface area contributed by atoms with Gasteiger partial charge in [0.15, 0.2) is 0 Å². The molecule has 0 aliphatic heterocycles. The van der Waals surface area contributed by atoms with Gasteiger partial charge in [-0.15, -0.1) is 11.6 Å². The fourth-order valence-corrected chi connectivity index (χ4v) is 3.11. The molecule has 1 saturated carbocycles. The Morgan fingerprint density at radius 2 is 2.21 bits per heavy atom. The van der Waals surface area contributed by atoms with Gasteiger partial charge in [-0.2, -0.15) is 0 Å². The molecular formula is C15H19BrClNO. The molecule has 2 nitrogen and oxygen atoms in total. The van der Waals surface area contributed by atoms with Gasteiger partial charge in [0.1, 0.15) is 0 Å². The fraction of sp³-hybridized carbons (Fsp3) is 0.533. The lowest BCUT2D eigenvalue weighted by Gasteiger charge is -2.37. The van der Waals surface area contributed by atoms with E-state index in [2.05, 4.69) is 15.9 Å². The molecule has 1 amide bonds. The maximum atomic E-state index is 12.7. The molecule has 0 bridgehead atoms. The van der Waals surface area contributed by atoms with E-state index >= 15 is 0 Å². The minimum atomic E-state index is 0.127. The molecular weight excluding hydrogens is 326 g/mol. The third kappa shape index (κ3) is 3.51. The summed E-state index contributed by atoms with van der Waals surface area (Å²) in [6.07, 6.45) is 4.33. The van der Waals surface area contributed by atoms with Crippen LogP contribution in [0.1, 0.15) is 41.6 Å². The zero-order valence-electron chi connectivity index (χ0n) is 11.2. The molecule has 1 aliphatic carbocycles. The highest BCUT2D eigenvalue weighted by atomic mass is 79.9. The van der Waals surface area contributed by atoms with Crippen molar-refractivity contribution in [3.8, 4) is 0 Å². The third-order valence-corrected chi connectivity index (χ3v) is 4.59. The van der Waals surface area contributed by atoms with Gasteiger partial charge in [0.25, 0.3) is 5.91 Å². The van der Waals surface area contributed by atoms with Crippen molar-refractivity contribution in [1.82, 2.24) is 4.90 Å². The minimum absolute atomic E-state index is 0.127. The normalized spacial score (nSPS) is 15.1. The second kappa shape index (κ2) is 6.76. The maximum Gasteiger partial charge on any atom is 0.255 e. The van der Waals surface area contributed by atoms with Crippen LogP contribution in [0.25, 0.3) is 0 Å². The summed E-state index contributed by atoms with van der Waals surface area (Å²) >= 11 is 9.27. The van der Waals surface area contributed by atoms with Crippen LogP contribution in [0.15, 0.2) is 22.7 Å². The number of halogens is 2. The van der Waals surface area contributed by atoms with Crippen LogP contribution in [0.2, 0.25) is 0 Å². The molecule has 1 aromatic carbocycles. The molecule has 4 heteroatoms. The van der Waals surface area contributed by atoms with Crippen molar-refractivity contribution in [2.45, 2.75) is 38.6 Å². The highest BCUT2D eigenvalue weighted by Gasteiger charge is 2.29. The lowest BCUT2D eigenvalue weighted by atomic mass is 9.90. The van der Waals surface area contributed by atoms with Gasteiger partial charge in [0.05, 0.1) is 5.56 Å². The molecule has 0 N–H and O–H groups in total. The second-order valence-corrected chi connectivity index (χ2v) is 6.34. The number of rotatable bonds is 5. The molecule has 0 radical (unpaired) electrons. The first kappa shape index (κ1) is 14.9. The van der Waals surface area contributed by atoms with Gasteiger partial charge in [-0.1, -0.05) is 6.07 Å². The topological polar surface area (TPSA) is 20.3 Å². The Balaban J connectivity index is 2.17. The van der Waals surface area contributed by atoms with Crippen LogP contribution in [0, 0.1) is 6.92 Å². The predicted octanol–water partition coefficient (Wildman–Crippen LogP) is 4.38. The fourth-order valence-electron chi connectivity index (χ4n) is 2.33. The third-order valence-electron chi connectivity index (χ3n) is 3.66. The standard InChI is InChI=1S/C15H19BrClNO/c1-11-6-7-13(14(16)10-11)15(19)18(9-3-8-17)12-4-2-5-12/h6-7,10,12H,2-5,8-9H2,1H3. The van der Waals surface area contributed by atoms with E-state index < -0.39 is 0 Å². The number of alkyl halides is 1. The van der Waals surface area contributed by atoms with E-state index in [4.69, 9.17) is 11.6 Å². The summed E-state index contributed by atoms with van der Waals surface area (Å²) in [6, 6.07) is 6.30. The summed E-state index contributed by atoms with van der Waals surface area (Å²) in [5.41, 5.74) is 1.91. The van der Waals surface area contributed by atoms with Crippen LogP contribution in [0.5, 0.6) is 0 Å². The zero-order valence-corrected chi connectivity index (χ0v) is 13.5. The molecule has 1 aromatic rings. The summed E-state index contributed by atoms with van der Waals surface area (Å²) in [5.74, 6) is 0.729. The van der Waals surface area contributed by atoms with Gasteiger partial charge >= 0.3 is 0 Å². The quantitative estimate of drug-likeness (QED) is 0.726. The zero-order chi connectivity index (χ0) is 13.8. The summed E-state index contributed by atoms with van der Waals surface area (Å²) in [4.78, 5) is 14.7. The molecule has 0 aromatic heterocycles. The number of amides is 1. The number of benzene rings is 1. The first-order valence-electron chi connectivity index (χ1n) is 6.76. The number of carbonyl (C=O) groups excluding carboxylic acids is 1. The lowest BCUT2D eigenvalue weighted by Crippen LogP contribution is -2.45. The average Bonchev–Trinajstić information content (AvgIpc) is 2.31. The van der Waals surface area contributed by atoms with E-state index in [9.17, 15) is 4.79 Å². The Morgan fingerprint density at radius 1 is 1.47 bits per heavy atom. The minimum Gasteiger partial charge on any atom is -0.336 e. The van der Waals surface area contributed by atoms with E-state index in [1.165, 1.54) is 6.42 Å². The molecule has 0 unspecified atom stereocenters. The van der Waals surface area contributed by atoms with Crippen molar-refractivity contribution in [2.75, 3.05) is 12.4 Å². The molecule has 1 aliphatic rings. The van der Waals surface area contributed by atoms with E-state index in [1.807, 2.05) is 30.0 Å². The number of aryl methyl sites for hydroxylation is 1. The van der Waals surface area contributed by atoms with Gasteiger partial charge in [0, 0.05) is 22.9 Å². The first-order valence-corrected chi connectivity index (χ1v) is 8.09. The highest BCUT2D eigenvalue weighted by molar-refractivity contribution is 9.10. The van der Waals surface area contributed by atoms with E-state index in [1.54, 1.807) is 0 Å². The molecule has 2 rings (SSSR count). The van der Waals surface area contributed by atoms with Crippen LogP contribution >= 0.6 is 27.5 Å². The number of nitrogens with zero attached hydrogens (tertiary/aromatic N) is 1. The van der Waals surface area contributed by atoms with Crippen molar-refractivity contribution in [1.29, 1.82) is 0 Å². The largest absolute Gasteiger partial charge is 0.336 e. The Labute approximate surface area is 128 Å². The molecule has 0 saturated heterocycles. The van der Waals surface area contributed by atoms with Crippen molar-refractivity contribution < 1.29 is 4.79 Å². The Kier molecular flexibility index (Phi) is 5.28. The summed E-state index contributed by atoms with van der Waals surface area (Å²) in [7, 11) is 0. The summed E-state index contributed by atoms with van der Waals surface area (Å²) in [5, 5.41) is 0. The van der Waals surface area contributed by atoms with Crippen LogP contribution in [0.4, 0.5) is 0 Å². The van der Waals surface area contributed by atoms with Gasteiger partial charge in [0.2, 0.25) is 0 Å². The monoisotopic (exact) mass is 343 g/mol. The summed E-state index contributed by atoms with van der Waals surface area (Å²) < 4.78 is 0.882. The highest BCUT2D eigenvalue weighted by Crippen LogP contribution is 2.28. The van der Waals surface area contributed by atoms with Gasteiger partial charge in [-0.05, 0) is 66.2 Å². The van der Waals surface area contributed by atoms with Gasteiger partial charge in [-0.3, -0.25) is 4.79 Å². The van der Waals surface area contributed by atoms with E-state index in [0.29, 0.717) is 11.9 Å².